The number of para-hydroxylation sites is 2. The van der Waals surface area contributed by atoms with Crippen molar-refractivity contribution in [1.82, 2.24) is 20.2 Å². The maximum atomic E-state index is 4.63. The Kier molecular flexibility index (Phi) is 5.44. The molecular weight excluding hydrogens is 248 g/mol. The summed E-state index contributed by atoms with van der Waals surface area (Å²) in [5.74, 6) is 0. The molecular formula is C16H24N4. The van der Waals surface area contributed by atoms with Crippen LogP contribution in [0.5, 0.6) is 0 Å². The predicted octanol–water partition coefficient (Wildman–Crippen LogP) is 2.45. The minimum atomic E-state index is 0.447. The molecule has 2 rings (SSSR count). The normalized spacial score (nSPS) is 13.0. The molecule has 1 heterocycles. The Morgan fingerprint density at radius 3 is 2.55 bits per heavy atom. The van der Waals surface area contributed by atoms with E-state index < -0.39 is 0 Å². The van der Waals surface area contributed by atoms with Gasteiger partial charge in [0, 0.05) is 19.1 Å². The Morgan fingerprint density at radius 2 is 1.85 bits per heavy atom. The monoisotopic (exact) mass is 272 g/mol. The Bertz CT molecular complexity index is 537. The van der Waals surface area contributed by atoms with Crippen LogP contribution in [0.3, 0.4) is 0 Å². The third-order valence-corrected chi connectivity index (χ3v) is 3.56. The first-order chi connectivity index (χ1) is 9.72. The molecule has 1 unspecified atom stereocenters. The molecule has 1 atom stereocenters. The van der Waals surface area contributed by atoms with Gasteiger partial charge in [0.1, 0.15) is 0 Å². The van der Waals surface area contributed by atoms with Crippen molar-refractivity contribution in [2.45, 2.75) is 33.4 Å². The van der Waals surface area contributed by atoms with Crippen molar-refractivity contribution in [2.24, 2.45) is 0 Å². The van der Waals surface area contributed by atoms with E-state index in [9.17, 15) is 0 Å². The van der Waals surface area contributed by atoms with Crippen LogP contribution in [-0.2, 0) is 6.54 Å². The minimum Gasteiger partial charge on any atom is -0.307 e. The fourth-order valence-electron chi connectivity index (χ4n) is 2.29. The number of hydrogen-bond donors (Lipinski definition) is 1. The van der Waals surface area contributed by atoms with Crippen LogP contribution in [0.2, 0.25) is 0 Å². The van der Waals surface area contributed by atoms with Gasteiger partial charge < -0.3 is 10.2 Å². The number of aromatic nitrogens is 2. The summed E-state index contributed by atoms with van der Waals surface area (Å²) in [6.45, 7) is 10.6. The van der Waals surface area contributed by atoms with Crippen molar-refractivity contribution in [3.8, 4) is 0 Å². The number of likely N-dealkylation sites (N-methyl/N-ethyl adjacent to an activating group) is 1. The van der Waals surface area contributed by atoms with Crippen LogP contribution in [-0.4, -0.2) is 40.5 Å². The van der Waals surface area contributed by atoms with Crippen molar-refractivity contribution in [2.75, 3.05) is 19.6 Å². The zero-order chi connectivity index (χ0) is 14.4. The molecule has 2 aromatic rings. The highest BCUT2D eigenvalue weighted by molar-refractivity contribution is 5.73. The van der Waals surface area contributed by atoms with Gasteiger partial charge in [0.2, 0.25) is 0 Å². The van der Waals surface area contributed by atoms with Gasteiger partial charge >= 0.3 is 0 Å². The van der Waals surface area contributed by atoms with Gasteiger partial charge in [-0.1, -0.05) is 26.0 Å². The zero-order valence-corrected chi connectivity index (χ0v) is 12.6. The van der Waals surface area contributed by atoms with Crippen LogP contribution in [0.1, 0.15) is 26.5 Å². The van der Waals surface area contributed by atoms with Crippen LogP contribution in [0.25, 0.3) is 11.0 Å². The van der Waals surface area contributed by atoms with E-state index in [4.69, 9.17) is 0 Å². The largest absolute Gasteiger partial charge is 0.307 e. The van der Waals surface area contributed by atoms with Crippen LogP contribution in [0.4, 0.5) is 0 Å². The second-order valence-electron chi connectivity index (χ2n) is 5.12. The van der Waals surface area contributed by atoms with E-state index in [0.717, 1.165) is 42.9 Å². The summed E-state index contributed by atoms with van der Waals surface area (Å²) in [5.41, 5.74) is 2.91. The molecule has 20 heavy (non-hydrogen) atoms. The second kappa shape index (κ2) is 7.31. The average Bonchev–Trinajstić information content (AvgIpc) is 2.50. The van der Waals surface area contributed by atoms with Crippen LogP contribution >= 0.6 is 0 Å². The molecule has 1 N–H and O–H groups in total. The molecule has 0 radical (unpaired) electrons. The highest BCUT2D eigenvalue weighted by atomic mass is 15.1. The fraction of sp³-hybridized carbons (Fsp3) is 0.500. The van der Waals surface area contributed by atoms with Gasteiger partial charge in [-0.25, -0.2) is 4.98 Å². The zero-order valence-electron chi connectivity index (χ0n) is 12.6. The minimum absolute atomic E-state index is 0.447. The third kappa shape index (κ3) is 3.99. The lowest BCUT2D eigenvalue weighted by molar-refractivity contribution is 0.270. The standard InChI is InChI=1S/C16H24N4/c1-4-20(5-2)12-13(3)17-10-14-11-18-15-8-6-7-9-16(15)19-14/h6-9,11,13,17H,4-5,10,12H2,1-3H3. The van der Waals surface area contributed by atoms with E-state index in [-0.39, 0.29) is 0 Å². The number of fused-ring (bicyclic) bond motifs is 1. The van der Waals surface area contributed by atoms with Crippen LogP contribution in [0.15, 0.2) is 30.5 Å². The van der Waals surface area contributed by atoms with Crippen molar-refractivity contribution in [3.63, 3.8) is 0 Å². The fourth-order valence-corrected chi connectivity index (χ4v) is 2.29. The maximum absolute atomic E-state index is 4.63. The van der Waals surface area contributed by atoms with Crippen molar-refractivity contribution in [1.29, 1.82) is 0 Å². The SMILES string of the molecule is CCN(CC)CC(C)NCc1cnc2ccccc2n1. The van der Waals surface area contributed by atoms with E-state index in [2.05, 4.69) is 41.0 Å². The van der Waals surface area contributed by atoms with Gasteiger partial charge in [0.05, 0.1) is 22.9 Å². The highest BCUT2D eigenvalue weighted by Crippen LogP contribution is 2.08. The predicted molar refractivity (Wildman–Crippen MR) is 83.6 cm³/mol. The molecule has 1 aromatic carbocycles. The highest BCUT2D eigenvalue weighted by Gasteiger charge is 2.07. The summed E-state index contributed by atoms with van der Waals surface area (Å²) < 4.78 is 0. The first-order valence-corrected chi connectivity index (χ1v) is 7.39. The molecule has 0 spiro atoms. The molecule has 0 saturated carbocycles. The molecule has 0 aliphatic rings. The molecule has 0 amide bonds. The van der Waals surface area contributed by atoms with Gasteiger partial charge in [0.25, 0.3) is 0 Å². The Morgan fingerprint density at radius 1 is 1.15 bits per heavy atom. The Labute approximate surface area is 121 Å². The van der Waals surface area contributed by atoms with E-state index >= 15 is 0 Å². The summed E-state index contributed by atoms with van der Waals surface area (Å²) in [4.78, 5) is 11.5. The van der Waals surface area contributed by atoms with Crippen molar-refractivity contribution < 1.29 is 0 Å². The first-order valence-electron chi connectivity index (χ1n) is 7.39. The molecule has 1 aromatic heterocycles. The van der Waals surface area contributed by atoms with E-state index in [1.54, 1.807) is 0 Å². The van der Waals surface area contributed by atoms with Crippen molar-refractivity contribution >= 4 is 11.0 Å². The lowest BCUT2D eigenvalue weighted by atomic mass is 10.2. The molecule has 0 bridgehead atoms. The van der Waals surface area contributed by atoms with E-state index in [1.807, 2.05) is 30.5 Å². The Balaban J connectivity index is 1.92. The number of nitrogens with zero attached hydrogens (tertiary/aromatic N) is 3. The van der Waals surface area contributed by atoms with Crippen LogP contribution in [0, 0.1) is 0 Å². The molecule has 4 nitrogen and oxygen atoms in total. The molecule has 0 aliphatic heterocycles. The number of benzene rings is 1. The third-order valence-electron chi connectivity index (χ3n) is 3.56. The maximum Gasteiger partial charge on any atom is 0.0890 e. The molecule has 4 heteroatoms. The van der Waals surface area contributed by atoms with Gasteiger partial charge in [-0.15, -0.1) is 0 Å². The lowest BCUT2D eigenvalue weighted by Gasteiger charge is -2.23. The summed E-state index contributed by atoms with van der Waals surface area (Å²) >= 11 is 0. The molecule has 0 aliphatic carbocycles. The average molecular weight is 272 g/mol. The number of nitrogens with one attached hydrogen (secondary N) is 1. The summed E-state index contributed by atoms with van der Waals surface area (Å²) in [7, 11) is 0. The van der Waals surface area contributed by atoms with Gasteiger partial charge in [0.15, 0.2) is 0 Å². The molecule has 108 valence electrons. The second-order valence-corrected chi connectivity index (χ2v) is 5.12. The van der Waals surface area contributed by atoms with Gasteiger partial charge in [-0.2, -0.15) is 0 Å². The Hall–Kier alpha value is -1.52. The smallest absolute Gasteiger partial charge is 0.0890 e. The number of rotatable bonds is 7. The van der Waals surface area contributed by atoms with Crippen molar-refractivity contribution in [3.05, 3.63) is 36.2 Å². The molecule has 0 saturated heterocycles. The molecule has 0 fully saturated rings. The van der Waals surface area contributed by atoms with E-state index in [1.165, 1.54) is 0 Å². The number of hydrogen-bond acceptors (Lipinski definition) is 4. The lowest BCUT2D eigenvalue weighted by Crippen LogP contribution is -2.38. The first kappa shape index (κ1) is 14.9. The topological polar surface area (TPSA) is 41.0 Å². The summed E-state index contributed by atoms with van der Waals surface area (Å²) in [5, 5.41) is 3.52. The van der Waals surface area contributed by atoms with Gasteiger partial charge in [-0.3, -0.25) is 4.98 Å². The summed E-state index contributed by atoms with van der Waals surface area (Å²) in [6, 6.07) is 8.43. The summed E-state index contributed by atoms with van der Waals surface area (Å²) in [6.07, 6.45) is 1.86. The van der Waals surface area contributed by atoms with E-state index in [0.29, 0.717) is 6.04 Å². The quantitative estimate of drug-likeness (QED) is 0.840. The van der Waals surface area contributed by atoms with Gasteiger partial charge in [-0.05, 0) is 32.1 Å². The van der Waals surface area contributed by atoms with Crippen LogP contribution < -0.4 is 5.32 Å².